The third-order valence-corrected chi connectivity index (χ3v) is 5.14. The van der Waals surface area contributed by atoms with Crippen LogP contribution in [-0.2, 0) is 11.3 Å². The second kappa shape index (κ2) is 8.39. The van der Waals surface area contributed by atoms with Gasteiger partial charge in [0.1, 0.15) is 11.9 Å². The molecule has 1 amide bonds. The Balaban J connectivity index is 1.80. The van der Waals surface area contributed by atoms with E-state index >= 15 is 0 Å². The van der Waals surface area contributed by atoms with Gasteiger partial charge in [0, 0.05) is 5.69 Å². The minimum atomic E-state index is -0.912. The lowest BCUT2D eigenvalue weighted by Crippen LogP contribution is -2.43. The molecule has 3 aromatic carbocycles. The summed E-state index contributed by atoms with van der Waals surface area (Å²) in [5, 5.41) is 3.04. The number of carbonyl (C=O) groups is 1. The first-order valence-electron chi connectivity index (χ1n) is 9.80. The fourth-order valence-corrected chi connectivity index (χ4v) is 3.51. The molecule has 4 rings (SSSR count). The zero-order valence-electron chi connectivity index (χ0n) is 16.8. The zero-order chi connectivity index (χ0) is 22.0. The number of nitrogens with one attached hydrogen (secondary N) is 1. The zero-order valence-corrected chi connectivity index (χ0v) is 16.8. The molecule has 0 saturated carbocycles. The highest BCUT2D eigenvalue weighted by molar-refractivity contribution is 5.94. The van der Waals surface area contributed by atoms with Crippen molar-refractivity contribution in [3.8, 4) is 0 Å². The average Bonchev–Trinajstić information content (AvgIpc) is 2.79. The van der Waals surface area contributed by atoms with E-state index in [1.807, 2.05) is 30.3 Å². The Labute approximate surface area is 177 Å². The SMILES string of the molecule is C[C@H](C(=O)Nc1ccc(F)cc1)n1c(=O)n(Cc2ccccc2)c(=O)c2ccccc21. The van der Waals surface area contributed by atoms with Crippen molar-refractivity contribution in [3.05, 3.63) is 111 Å². The van der Waals surface area contributed by atoms with Crippen LogP contribution >= 0.6 is 0 Å². The summed E-state index contributed by atoms with van der Waals surface area (Å²) in [6, 6.07) is 20.3. The number of halogens is 1. The van der Waals surface area contributed by atoms with Gasteiger partial charge in [-0.05, 0) is 48.9 Å². The van der Waals surface area contributed by atoms with Crippen molar-refractivity contribution in [2.24, 2.45) is 0 Å². The molecule has 0 aliphatic carbocycles. The van der Waals surface area contributed by atoms with Gasteiger partial charge in [-0.3, -0.25) is 18.7 Å². The number of para-hydroxylation sites is 1. The lowest BCUT2D eigenvalue weighted by atomic mass is 10.2. The molecule has 0 spiro atoms. The topological polar surface area (TPSA) is 73.1 Å². The summed E-state index contributed by atoms with van der Waals surface area (Å²) in [5.74, 6) is -0.870. The van der Waals surface area contributed by atoms with Crippen LogP contribution in [0.1, 0.15) is 18.5 Å². The molecule has 0 aliphatic heterocycles. The molecular formula is C24H20FN3O3. The standard InChI is InChI=1S/C24H20FN3O3/c1-16(22(29)26-19-13-11-18(25)12-14-19)28-21-10-6-5-9-20(21)23(30)27(24(28)31)15-17-7-3-2-4-8-17/h2-14,16H,15H2,1H3,(H,26,29)/t16-/m1/s1. The minimum Gasteiger partial charge on any atom is -0.324 e. The van der Waals surface area contributed by atoms with Gasteiger partial charge in [0.05, 0.1) is 17.4 Å². The number of hydrogen-bond donors (Lipinski definition) is 1. The van der Waals surface area contributed by atoms with E-state index in [-0.39, 0.29) is 6.54 Å². The largest absolute Gasteiger partial charge is 0.332 e. The minimum absolute atomic E-state index is 0.0929. The van der Waals surface area contributed by atoms with Gasteiger partial charge in [0.25, 0.3) is 5.56 Å². The number of benzene rings is 3. The van der Waals surface area contributed by atoms with Crippen LogP contribution in [0.5, 0.6) is 0 Å². The molecule has 156 valence electrons. The first-order chi connectivity index (χ1) is 15.0. The monoisotopic (exact) mass is 417 g/mol. The summed E-state index contributed by atoms with van der Waals surface area (Å²) in [5.41, 5.74) is 0.602. The summed E-state index contributed by atoms with van der Waals surface area (Å²) in [6.45, 7) is 1.68. The number of hydrogen-bond acceptors (Lipinski definition) is 3. The van der Waals surface area contributed by atoms with E-state index in [9.17, 15) is 18.8 Å². The van der Waals surface area contributed by atoms with Crippen molar-refractivity contribution in [1.82, 2.24) is 9.13 Å². The molecule has 0 bridgehead atoms. The van der Waals surface area contributed by atoms with Gasteiger partial charge in [-0.1, -0.05) is 42.5 Å². The van der Waals surface area contributed by atoms with Gasteiger partial charge >= 0.3 is 5.69 Å². The number of amides is 1. The maximum Gasteiger partial charge on any atom is 0.332 e. The maximum atomic E-state index is 13.3. The Kier molecular flexibility index (Phi) is 5.49. The molecular weight excluding hydrogens is 397 g/mol. The highest BCUT2D eigenvalue weighted by atomic mass is 19.1. The van der Waals surface area contributed by atoms with E-state index in [1.54, 1.807) is 31.2 Å². The smallest absolute Gasteiger partial charge is 0.324 e. The van der Waals surface area contributed by atoms with E-state index < -0.39 is 29.0 Å². The van der Waals surface area contributed by atoms with Crippen molar-refractivity contribution in [3.63, 3.8) is 0 Å². The van der Waals surface area contributed by atoms with E-state index in [2.05, 4.69) is 5.32 Å². The predicted molar refractivity (Wildman–Crippen MR) is 118 cm³/mol. The van der Waals surface area contributed by atoms with Crippen LogP contribution in [0, 0.1) is 5.82 Å². The third-order valence-electron chi connectivity index (χ3n) is 5.14. The van der Waals surface area contributed by atoms with Gasteiger partial charge in [0.2, 0.25) is 5.91 Å². The molecule has 0 radical (unpaired) electrons. The molecule has 1 N–H and O–H groups in total. The highest BCUT2D eigenvalue weighted by Crippen LogP contribution is 2.16. The fraction of sp³-hybridized carbons (Fsp3) is 0.125. The van der Waals surface area contributed by atoms with Gasteiger partial charge in [-0.25, -0.2) is 9.18 Å². The summed E-state index contributed by atoms with van der Waals surface area (Å²) in [6.07, 6.45) is 0. The van der Waals surface area contributed by atoms with Crippen LogP contribution in [0.2, 0.25) is 0 Å². The summed E-state index contributed by atoms with van der Waals surface area (Å²) in [7, 11) is 0. The molecule has 0 unspecified atom stereocenters. The number of anilines is 1. The third kappa shape index (κ3) is 4.02. The molecule has 7 heteroatoms. The molecule has 1 atom stereocenters. The van der Waals surface area contributed by atoms with Crippen LogP contribution < -0.4 is 16.6 Å². The van der Waals surface area contributed by atoms with Crippen molar-refractivity contribution >= 4 is 22.5 Å². The van der Waals surface area contributed by atoms with Crippen LogP contribution in [-0.4, -0.2) is 15.0 Å². The molecule has 31 heavy (non-hydrogen) atoms. The normalized spacial score (nSPS) is 11.9. The van der Waals surface area contributed by atoms with E-state index in [4.69, 9.17) is 0 Å². The van der Waals surface area contributed by atoms with Crippen LogP contribution in [0.3, 0.4) is 0 Å². The quantitative estimate of drug-likeness (QED) is 0.540. The second-order valence-electron chi connectivity index (χ2n) is 7.22. The predicted octanol–water partition coefficient (Wildman–Crippen LogP) is 3.55. The molecule has 4 aromatic rings. The molecule has 0 fully saturated rings. The number of rotatable bonds is 5. The highest BCUT2D eigenvalue weighted by Gasteiger charge is 2.22. The van der Waals surface area contributed by atoms with Crippen molar-refractivity contribution in [1.29, 1.82) is 0 Å². The summed E-state index contributed by atoms with van der Waals surface area (Å²) < 4.78 is 15.6. The Morgan fingerprint density at radius 1 is 0.935 bits per heavy atom. The first-order valence-corrected chi connectivity index (χ1v) is 9.80. The molecule has 1 aromatic heterocycles. The van der Waals surface area contributed by atoms with Crippen molar-refractivity contribution in [2.45, 2.75) is 19.5 Å². The average molecular weight is 417 g/mol. The van der Waals surface area contributed by atoms with Gasteiger partial charge in [-0.15, -0.1) is 0 Å². The molecule has 0 aliphatic rings. The molecule has 6 nitrogen and oxygen atoms in total. The van der Waals surface area contributed by atoms with Crippen molar-refractivity contribution in [2.75, 3.05) is 5.32 Å². The van der Waals surface area contributed by atoms with Gasteiger partial charge < -0.3 is 5.32 Å². The van der Waals surface area contributed by atoms with E-state index in [0.717, 1.165) is 10.1 Å². The summed E-state index contributed by atoms with van der Waals surface area (Å²) >= 11 is 0. The van der Waals surface area contributed by atoms with Gasteiger partial charge in [0.15, 0.2) is 0 Å². The fourth-order valence-electron chi connectivity index (χ4n) is 3.51. The second-order valence-corrected chi connectivity index (χ2v) is 7.22. The number of fused-ring (bicyclic) bond motifs is 1. The first kappa shape index (κ1) is 20.3. The number of nitrogens with zero attached hydrogens (tertiary/aromatic N) is 2. The Morgan fingerprint density at radius 2 is 1.58 bits per heavy atom. The Morgan fingerprint density at radius 3 is 2.29 bits per heavy atom. The molecule has 0 saturated heterocycles. The Hall–Kier alpha value is -4.00. The van der Waals surface area contributed by atoms with Crippen LogP contribution in [0.25, 0.3) is 10.9 Å². The lowest BCUT2D eigenvalue weighted by Gasteiger charge is -2.19. The molecule has 1 heterocycles. The summed E-state index contributed by atoms with van der Waals surface area (Å²) in [4.78, 5) is 39.3. The van der Waals surface area contributed by atoms with Crippen LogP contribution in [0.15, 0.2) is 88.5 Å². The van der Waals surface area contributed by atoms with E-state index in [0.29, 0.717) is 16.6 Å². The lowest BCUT2D eigenvalue weighted by molar-refractivity contribution is -0.118. The van der Waals surface area contributed by atoms with Crippen molar-refractivity contribution < 1.29 is 9.18 Å². The van der Waals surface area contributed by atoms with Crippen LogP contribution in [0.4, 0.5) is 10.1 Å². The maximum absolute atomic E-state index is 13.3. The number of aromatic nitrogens is 2. The Bertz CT molecular complexity index is 1360. The van der Waals surface area contributed by atoms with E-state index in [1.165, 1.54) is 28.8 Å². The van der Waals surface area contributed by atoms with Gasteiger partial charge in [-0.2, -0.15) is 0 Å². The number of carbonyl (C=O) groups excluding carboxylic acids is 1.